The van der Waals surface area contributed by atoms with E-state index < -0.39 is 0 Å². The van der Waals surface area contributed by atoms with Crippen LogP contribution < -0.4 is 25.2 Å². The van der Waals surface area contributed by atoms with Gasteiger partial charge in [-0.15, -0.1) is 0 Å². The van der Waals surface area contributed by atoms with Gasteiger partial charge < -0.3 is 30.1 Å². The lowest BCUT2D eigenvalue weighted by molar-refractivity contribution is -0.111. The first-order chi connectivity index (χ1) is 19.3. The van der Waals surface area contributed by atoms with Crippen molar-refractivity contribution in [2.24, 2.45) is 0 Å². The smallest absolute Gasteiger partial charge is 0.247 e. The number of ketones is 1. The minimum absolute atomic E-state index is 0.210. The largest absolute Gasteiger partial charge is 0.494 e. The Bertz CT molecular complexity index is 1400. The number of ether oxygens (including phenoxy) is 1. The van der Waals surface area contributed by atoms with Gasteiger partial charge in [0.05, 0.1) is 24.2 Å². The summed E-state index contributed by atoms with van der Waals surface area (Å²) in [5, 5.41) is 6.02. The van der Waals surface area contributed by atoms with Crippen molar-refractivity contribution < 1.29 is 14.3 Å². The van der Waals surface area contributed by atoms with Gasteiger partial charge in [0, 0.05) is 56.4 Å². The number of nitrogens with zero attached hydrogens (tertiary/aromatic N) is 5. The third-order valence-electron chi connectivity index (χ3n) is 6.47. The Balaban J connectivity index is 1.59. The minimum atomic E-state index is -0.339. The predicted octanol–water partition coefficient (Wildman–Crippen LogP) is 4.31. The molecule has 40 heavy (non-hydrogen) atoms. The van der Waals surface area contributed by atoms with E-state index in [-0.39, 0.29) is 23.3 Å². The third kappa shape index (κ3) is 6.83. The van der Waals surface area contributed by atoms with Crippen molar-refractivity contribution >= 4 is 40.4 Å². The molecule has 0 unspecified atom stereocenters. The zero-order chi connectivity index (χ0) is 28.6. The van der Waals surface area contributed by atoms with E-state index in [4.69, 9.17) is 4.74 Å². The molecule has 10 heteroatoms. The molecular weight excluding hydrogens is 506 g/mol. The molecule has 1 amide bonds. The fraction of sp³-hybridized carbons (Fsp3) is 0.267. The molecule has 10 nitrogen and oxygen atoms in total. The number of aromatic nitrogens is 2. The number of anilines is 5. The summed E-state index contributed by atoms with van der Waals surface area (Å²) in [6.45, 7) is 6.04. The van der Waals surface area contributed by atoms with E-state index in [0.717, 1.165) is 37.4 Å². The van der Waals surface area contributed by atoms with Gasteiger partial charge in [0.2, 0.25) is 17.6 Å². The molecule has 1 aromatic heterocycles. The molecule has 0 spiro atoms. The summed E-state index contributed by atoms with van der Waals surface area (Å²) in [4.78, 5) is 40.5. The summed E-state index contributed by atoms with van der Waals surface area (Å²) >= 11 is 0. The van der Waals surface area contributed by atoms with E-state index in [1.54, 1.807) is 19.2 Å². The zero-order valence-electron chi connectivity index (χ0n) is 23.3. The maximum atomic E-state index is 13.2. The number of methoxy groups -OCH3 is 1. The molecule has 1 aliphatic heterocycles. The number of rotatable bonds is 12. The molecule has 2 aromatic carbocycles. The fourth-order valence-corrected chi connectivity index (χ4v) is 4.23. The number of likely N-dealkylation sites (N-methyl/N-ethyl adjacent to an activating group) is 2. The maximum absolute atomic E-state index is 13.2. The normalized spacial score (nSPS) is 12.4. The van der Waals surface area contributed by atoms with Gasteiger partial charge in [-0.05, 0) is 63.0 Å². The van der Waals surface area contributed by atoms with Gasteiger partial charge in [-0.1, -0.05) is 12.7 Å². The first-order valence-electron chi connectivity index (χ1n) is 13.0. The molecule has 4 rings (SSSR count). The molecule has 2 heterocycles. The van der Waals surface area contributed by atoms with Crippen molar-refractivity contribution in [3.8, 4) is 5.75 Å². The number of amides is 1. The number of hydrogen-bond acceptors (Lipinski definition) is 9. The fourth-order valence-electron chi connectivity index (χ4n) is 4.23. The van der Waals surface area contributed by atoms with E-state index in [2.05, 4.69) is 49.3 Å². The lowest BCUT2D eigenvalue weighted by atomic mass is 10.1. The van der Waals surface area contributed by atoms with E-state index in [0.29, 0.717) is 22.7 Å². The van der Waals surface area contributed by atoms with E-state index in [1.807, 2.05) is 56.4 Å². The second-order valence-electron chi connectivity index (χ2n) is 9.62. The van der Waals surface area contributed by atoms with Crippen LogP contribution in [0.1, 0.15) is 22.5 Å². The standard InChI is InChI=1S/C30H35N7O3/c1-6-28(38)32-24-19-25(27(40-5)20-26(24)36(4)18-17-35(2)3)34-30-31-14-13-23(33-30)29(39)21-9-11-22(12-10-21)37-15-7-8-16-37/h6-7,9-15,19-20H,1,8,16-18H2,2-5H3,(H,32,38)(H,31,33,34). The minimum Gasteiger partial charge on any atom is -0.494 e. The molecule has 0 bridgehead atoms. The average Bonchev–Trinajstić information content (AvgIpc) is 3.51. The monoisotopic (exact) mass is 541 g/mol. The van der Waals surface area contributed by atoms with E-state index >= 15 is 0 Å². The SMILES string of the molecule is C=CC(=O)Nc1cc(Nc2nccc(C(=O)c3ccc(N4C=CCC4)cc3)n2)c(OC)cc1N(C)CCN(C)C. The summed E-state index contributed by atoms with van der Waals surface area (Å²) in [6.07, 6.45) is 7.93. The van der Waals surface area contributed by atoms with Crippen molar-refractivity contribution in [1.29, 1.82) is 0 Å². The van der Waals surface area contributed by atoms with Crippen molar-refractivity contribution in [2.45, 2.75) is 6.42 Å². The van der Waals surface area contributed by atoms with E-state index in [9.17, 15) is 9.59 Å². The van der Waals surface area contributed by atoms with Gasteiger partial charge in [0.25, 0.3) is 0 Å². The van der Waals surface area contributed by atoms with Crippen LogP contribution in [0.3, 0.4) is 0 Å². The first kappa shape index (κ1) is 28.3. The highest BCUT2D eigenvalue weighted by Gasteiger charge is 2.18. The number of carbonyl (C=O) groups excluding carboxylic acids is 2. The van der Waals surface area contributed by atoms with Crippen LogP contribution in [0.2, 0.25) is 0 Å². The Morgan fingerprint density at radius 1 is 1.10 bits per heavy atom. The number of benzene rings is 2. The lowest BCUT2D eigenvalue weighted by Gasteiger charge is -2.26. The summed E-state index contributed by atoms with van der Waals surface area (Å²) in [5.41, 5.74) is 3.70. The predicted molar refractivity (Wildman–Crippen MR) is 160 cm³/mol. The van der Waals surface area contributed by atoms with E-state index in [1.165, 1.54) is 12.3 Å². The van der Waals surface area contributed by atoms with Crippen molar-refractivity contribution in [3.05, 3.63) is 84.8 Å². The van der Waals surface area contributed by atoms with Crippen molar-refractivity contribution in [2.75, 3.05) is 68.3 Å². The molecular formula is C30H35N7O3. The molecule has 0 aliphatic carbocycles. The Kier molecular flexibility index (Phi) is 9.13. The molecule has 1 aliphatic rings. The average molecular weight is 542 g/mol. The highest BCUT2D eigenvalue weighted by molar-refractivity contribution is 6.08. The molecule has 208 valence electrons. The molecule has 0 saturated heterocycles. The Morgan fingerprint density at radius 2 is 1.88 bits per heavy atom. The van der Waals surface area contributed by atoms with Crippen LogP contribution in [0.25, 0.3) is 0 Å². The van der Waals surface area contributed by atoms with Crippen LogP contribution in [0, 0.1) is 0 Å². The maximum Gasteiger partial charge on any atom is 0.247 e. The second-order valence-corrected chi connectivity index (χ2v) is 9.62. The van der Waals surface area contributed by atoms with Crippen LogP contribution in [0.4, 0.5) is 28.7 Å². The van der Waals surface area contributed by atoms with Gasteiger partial charge in [0.15, 0.2) is 0 Å². The molecule has 3 aromatic rings. The highest BCUT2D eigenvalue weighted by Crippen LogP contribution is 2.38. The molecule has 0 atom stereocenters. The van der Waals surface area contributed by atoms with Gasteiger partial charge in [-0.25, -0.2) is 9.97 Å². The topological polar surface area (TPSA) is 103 Å². The summed E-state index contributed by atoms with van der Waals surface area (Å²) in [5.74, 6) is 0.194. The van der Waals surface area contributed by atoms with Crippen molar-refractivity contribution in [3.63, 3.8) is 0 Å². The van der Waals surface area contributed by atoms with Gasteiger partial charge in [0.1, 0.15) is 11.4 Å². The van der Waals surface area contributed by atoms with Crippen molar-refractivity contribution in [1.82, 2.24) is 14.9 Å². The third-order valence-corrected chi connectivity index (χ3v) is 6.47. The highest BCUT2D eigenvalue weighted by atomic mass is 16.5. The molecule has 0 saturated carbocycles. The quantitative estimate of drug-likeness (QED) is 0.257. The van der Waals surface area contributed by atoms with Gasteiger partial charge in [-0.2, -0.15) is 0 Å². The van der Waals surface area contributed by atoms with Crippen LogP contribution in [0.15, 0.2) is 73.6 Å². The van der Waals surface area contributed by atoms with Crippen LogP contribution in [-0.4, -0.2) is 74.4 Å². The zero-order valence-corrected chi connectivity index (χ0v) is 23.3. The van der Waals surface area contributed by atoms with Crippen LogP contribution in [0.5, 0.6) is 5.75 Å². The van der Waals surface area contributed by atoms with Crippen LogP contribution >= 0.6 is 0 Å². The summed E-state index contributed by atoms with van der Waals surface area (Å²) in [6, 6.07) is 12.7. The molecule has 0 fully saturated rings. The number of hydrogen-bond donors (Lipinski definition) is 2. The Labute approximate surface area is 235 Å². The number of nitrogens with one attached hydrogen (secondary N) is 2. The first-order valence-corrected chi connectivity index (χ1v) is 13.0. The Morgan fingerprint density at radius 3 is 2.52 bits per heavy atom. The summed E-state index contributed by atoms with van der Waals surface area (Å²) in [7, 11) is 7.51. The molecule has 2 N–H and O–H groups in total. The van der Waals surface area contributed by atoms with Gasteiger partial charge >= 0.3 is 0 Å². The van der Waals surface area contributed by atoms with Crippen LogP contribution in [-0.2, 0) is 4.79 Å². The lowest BCUT2D eigenvalue weighted by Crippen LogP contribution is -2.29. The van der Waals surface area contributed by atoms with Gasteiger partial charge in [-0.3, -0.25) is 9.59 Å². The Hall–Kier alpha value is -4.70. The second kappa shape index (κ2) is 12.9. The summed E-state index contributed by atoms with van der Waals surface area (Å²) < 4.78 is 5.66. The number of carbonyl (C=O) groups is 2. The molecule has 0 radical (unpaired) electrons.